The monoisotopic (exact) mass is 397 g/mol. The fourth-order valence-electron chi connectivity index (χ4n) is 1.77. The molecule has 2 aromatic rings. The lowest BCUT2D eigenvalue weighted by Crippen LogP contribution is -2.27. The first kappa shape index (κ1) is 17.7. The standard InChI is InChI=1S/C16H20BrN3O2S/c1-10-13(17)7-12(23-10)9-18-11-5-6-14(19-8-11)20-15(21)22-16(2,3)4/h5-8,18H,9H2,1-4H3,(H,19,20,21). The van der Waals surface area contributed by atoms with Gasteiger partial charge in [-0.15, -0.1) is 11.3 Å². The summed E-state index contributed by atoms with van der Waals surface area (Å²) < 4.78 is 6.32. The third-order valence-corrected chi connectivity index (χ3v) is 4.90. The van der Waals surface area contributed by atoms with Crippen molar-refractivity contribution in [3.63, 3.8) is 0 Å². The average Bonchev–Trinajstić information content (AvgIpc) is 2.75. The van der Waals surface area contributed by atoms with E-state index < -0.39 is 11.7 Å². The molecule has 0 bridgehead atoms. The van der Waals surface area contributed by atoms with E-state index in [2.05, 4.69) is 44.5 Å². The number of anilines is 2. The van der Waals surface area contributed by atoms with Crippen molar-refractivity contribution in [2.75, 3.05) is 10.6 Å². The van der Waals surface area contributed by atoms with Crippen molar-refractivity contribution in [1.29, 1.82) is 0 Å². The minimum Gasteiger partial charge on any atom is -0.444 e. The van der Waals surface area contributed by atoms with Crippen LogP contribution in [0.4, 0.5) is 16.3 Å². The number of rotatable bonds is 4. The normalized spacial score (nSPS) is 11.2. The number of nitrogens with one attached hydrogen (secondary N) is 2. The number of aryl methyl sites for hydroxylation is 1. The smallest absolute Gasteiger partial charge is 0.413 e. The van der Waals surface area contributed by atoms with Crippen molar-refractivity contribution >= 4 is 44.9 Å². The van der Waals surface area contributed by atoms with Gasteiger partial charge in [0.15, 0.2) is 0 Å². The largest absolute Gasteiger partial charge is 0.444 e. The Balaban J connectivity index is 1.88. The molecule has 0 radical (unpaired) electrons. The van der Waals surface area contributed by atoms with E-state index in [1.54, 1.807) is 23.6 Å². The fourth-order valence-corrected chi connectivity index (χ4v) is 3.32. The summed E-state index contributed by atoms with van der Waals surface area (Å²) in [5.74, 6) is 0.458. The Bertz CT molecular complexity index is 658. The summed E-state index contributed by atoms with van der Waals surface area (Å²) in [5, 5.41) is 5.91. The van der Waals surface area contributed by atoms with Crippen LogP contribution in [0.3, 0.4) is 0 Å². The fraction of sp³-hybridized carbons (Fsp3) is 0.375. The van der Waals surface area contributed by atoms with Crippen LogP contribution in [0.5, 0.6) is 0 Å². The number of carbonyl (C=O) groups is 1. The van der Waals surface area contributed by atoms with Crippen molar-refractivity contribution in [3.8, 4) is 0 Å². The Morgan fingerprint density at radius 3 is 2.65 bits per heavy atom. The molecule has 2 rings (SSSR count). The van der Waals surface area contributed by atoms with Crippen molar-refractivity contribution in [2.24, 2.45) is 0 Å². The Morgan fingerprint density at radius 1 is 1.39 bits per heavy atom. The van der Waals surface area contributed by atoms with E-state index in [-0.39, 0.29) is 0 Å². The second-order valence-corrected chi connectivity index (χ2v) is 8.22. The molecule has 0 aromatic carbocycles. The lowest BCUT2D eigenvalue weighted by Gasteiger charge is -2.19. The number of hydrogen-bond donors (Lipinski definition) is 2. The quantitative estimate of drug-likeness (QED) is 0.746. The van der Waals surface area contributed by atoms with Gasteiger partial charge in [0.25, 0.3) is 0 Å². The minimum absolute atomic E-state index is 0.458. The molecule has 0 aliphatic heterocycles. The van der Waals surface area contributed by atoms with Gasteiger partial charge in [0, 0.05) is 20.8 Å². The lowest BCUT2D eigenvalue weighted by atomic mass is 10.2. The van der Waals surface area contributed by atoms with Crippen molar-refractivity contribution in [2.45, 2.75) is 39.8 Å². The van der Waals surface area contributed by atoms with E-state index in [0.29, 0.717) is 5.82 Å². The third kappa shape index (κ3) is 5.84. The van der Waals surface area contributed by atoms with E-state index in [1.165, 1.54) is 9.75 Å². The molecule has 2 N–H and O–H groups in total. The molecule has 0 unspecified atom stereocenters. The predicted molar refractivity (Wildman–Crippen MR) is 98.2 cm³/mol. The van der Waals surface area contributed by atoms with Crippen molar-refractivity contribution in [1.82, 2.24) is 4.98 Å². The van der Waals surface area contributed by atoms with Gasteiger partial charge in [0.2, 0.25) is 0 Å². The zero-order valence-corrected chi connectivity index (χ0v) is 16.0. The molecule has 2 heterocycles. The Hall–Kier alpha value is -1.60. The highest BCUT2D eigenvalue weighted by Crippen LogP contribution is 2.26. The summed E-state index contributed by atoms with van der Waals surface area (Å²) in [7, 11) is 0. The van der Waals surface area contributed by atoms with E-state index in [0.717, 1.165) is 16.7 Å². The van der Waals surface area contributed by atoms with Gasteiger partial charge in [-0.05, 0) is 61.8 Å². The van der Waals surface area contributed by atoms with Gasteiger partial charge >= 0.3 is 6.09 Å². The van der Waals surface area contributed by atoms with Crippen LogP contribution in [0.25, 0.3) is 0 Å². The predicted octanol–water partition coefficient (Wildman–Crippen LogP) is 5.17. The molecule has 0 spiro atoms. The summed E-state index contributed by atoms with van der Waals surface area (Å²) in [5.41, 5.74) is 0.362. The number of ether oxygens (including phenoxy) is 1. The molecular formula is C16H20BrN3O2S. The summed E-state index contributed by atoms with van der Waals surface area (Å²) >= 11 is 5.26. The highest BCUT2D eigenvalue weighted by Gasteiger charge is 2.16. The van der Waals surface area contributed by atoms with Crippen molar-refractivity contribution < 1.29 is 9.53 Å². The Kier molecular flexibility index (Phi) is 5.64. The first-order valence-electron chi connectivity index (χ1n) is 7.18. The molecule has 124 valence electrons. The highest BCUT2D eigenvalue weighted by atomic mass is 79.9. The van der Waals surface area contributed by atoms with Crippen LogP contribution in [-0.2, 0) is 11.3 Å². The maximum atomic E-state index is 11.7. The molecule has 0 fully saturated rings. The number of pyridine rings is 1. The molecule has 1 amide bonds. The first-order valence-corrected chi connectivity index (χ1v) is 8.78. The molecule has 2 aromatic heterocycles. The summed E-state index contributed by atoms with van der Waals surface area (Å²) in [4.78, 5) is 18.4. The molecule has 0 saturated carbocycles. The molecule has 7 heteroatoms. The molecule has 0 atom stereocenters. The van der Waals surface area contributed by atoms with E-state index in [1.807, 2.05) is 26.8 Å². The van der Waals surface area contributed by atoms with Gasteiger partial charge < -0.3 is 10.1 Å². The first-order chi connectivity index (χ1) is 10.7. The van der Waals surface area contributed by atoms with Crippen molar-refractivity contribution in [3.05, 3.63) is 38.6 Å². The average molecular weight is 398 g/mol. The summed E-state index contributed by atoms with van der Waals surface area (Å²) in [6, 6.07) is 5.72. The number of thiophene rings is 1. The number of carbonyl (C=O) groups excluding carboxylic acids is 1. The third-order valence-electron chi connectivity index (χ3n) is 2.77. The van der Waals surface area contributed by atoms with Gasteiger partial charge in [-0.2, -0.15) is 0 Å². The number of nitrogens with zero attached hydrogens (tertiary/aromatic N) is 1. The zero-order valence-electron chi connectivity index (χ0n) is 13.6. The van der Waals surface area contributed by atoms with E-state index >= 15 is 0 Å². The number of halogens is 1. The van der Waals surface area contributed by atoms with Crippen LogP contribution in [0.1, 0.15) is 30.5 Å². The topological polar surface area (TPSA) is 63.2 Å². The van der Waals surface area contributed by atoms with Crippen LogP contribution < -0.4 is 10.6 Å². The minimum atomic E-state index is -0.529. The zero-order chi connectivity index (χ0) is 17.0. The molecule has 0 saturated heterocycles. The second-order valence-electron chi connectivity index (χ2n) is 6.03. The molecule has 0 aliphatic rings. The van der Waals surface area contributed by atoms with Crippen LogP contribution in [0.2, 0.25) is 0 Å². The van der Waals surface area contributed by atoms with Crippen LogP contribution in [0, 0.1) is 6.92 Å². The van der Waals surface area contributed by atoms with Gasteiger partial charge in [0.05, 0.1) is 11.9 Å². The molecule has 5 nitrogen and oxygen atoms in total. The molecule has 0 aliphatic carbocycles. The number of amides is 1. The number of hydrogen-bond acceptors (Lipinski definition) is 5. The highest BCUT2D eigenvalue weighted by molar-refractivity contribution is 9.10. The Labute approximate surface area is 148 Å². The van der Waals surface area contributed by atoms with Crippen LogP contribution in [-0.4, -0.2) is 16.7 Å². The molecular weight excluding hydrogens is 378 g/mol. The van der Waals surface area contributed by atoms with Gasteiger partial charge in [-0.3, -0.25) is 5.32 Å². The van der Waals surface area contributed by atoms with Crippen LogP contribution >= 0.6 is 27.3 Å². The lowest BCUT2D eigenvalue weighted by molar-refractivity contribution is 0.0635. The van der Waals surface area contributed by atoms with Gasteiger partial charge in [-0.25, -0.2) is 9.78 Å². The SMILES string of the molecule is Cc1sc(CNc2ccc(NC(=O)OC(C)(C)C)nc2)cc1Br. The second kappa shape index (κ2) is 7.31. The van der Waals surface area contributed by atoms with Gasteiger partial charge in [-0.1, -0.05) is 0 Å². The summed E-state index contributed by atoms with van der Waals surface area (Å²) in [6.07, 6.45) is 1.17. The molecule has 23 heavy (non-hydrogen) atoms. The maximum absolute atomic E-state index is 11.7. The maximum Gasteiger partial charge on any atom is 0.413 e. The Morgan fingerprint density at radius 2 is 2.13 bits per heavy atom. The summed E-state index contributed by atoms with van der Waals surface area (Å²) in [6.45, 7) is 8.27. The van der Waals surface area contributed by atoms with E-state index in [4.69, 9.17) is 4.74 Å². The van der Waals surface area contributed by atoms with E-state index in [9.17, 15) is 4.79 Å². The van der Waals surface area contributed by atoms with Crippen LogP contribution in [0.15, 0.2) is 28.9 Å². The van der Waals surface area contributed by atoms with Gasteiger partial charge in [0.1, 0.15) is 11.4 Å². The number of aromatic nitrogens is 1.